The third-order valence-electron chi connectivity index (χ3n) is 2.09. The topological polar surface area (TPSA) is 85.4 Å². The van der Waals surface area contributed by atoms with E-state index in [9.17, 15) is 13.2 Å². The van der Waals surface area contributed by atoms with Crippen LogP contribution in [0.1, 0.15) is 5.69 Å². The Morgan fingerprint density at radius 1 is 1.47 bits per heavy atom. The summed E-state index contributed by atoms with van der Waals surface area (Å²) in [5, 5.41) is 3.52. The molecule has 0 radical (unpaired) electrons. The van der Waals surface area contributed by atoms with Crippen LogP contribution in [0.5, 0.6) is 0 Å². The lowest BCUT2D eigenvalue weighted by Crippen LogP contribution is -2.11. The summed E-state index contributed by atoms with van der Waals surface area (Å²) in [5.41, 5.74) is 0.473. The lowest BCUT2D eigenvalue weighted by Gasteiger charge is -2.01. The Bertz CT molecular complexity index is 661. The van der Waals surface area contributed by atoms with E-state index in [1.54, 1.807) is 16.8 Å². The van der Waals surface area contributed by atoms with E-state index in [-0.39, 0.29) is 15.8 Å². The summed E-state index contributed by atoms with van der Waals surface area (Å²) < 4.78 is 31.0. The Morgan fingerprint density at radius 3 is 2.89 bits per heavy atom. The molecule has 0 atom stereocenters. The monoisotopic (exact) mass is 318 g/mol. The summed E-state index contributed by atoms with van der Waals surface area (Å²) >= 11 is 2.24. The van der Waals surface area contributed by atoms with Crippen LogP contribution in [-0.4, -0.2) is 26.5 Å². The maximum atomic E-state index is 11.9. The SMILES string of the molecule is COC(=O)Cc1csc(NS(=O)(=O)c2cccs2)n1. The fraction of sp³-hybridized carbons (Fsp3) is 0.200. The van der Waals surface area contributed by atoms with E-state index in [2.05, 4.69) is 14.4 Å². The molecule has 0 amide bonds. The van der Waals surface area contributed by atoms with Crippen molar-refractivity contribution in [1.29, 1.82) is 0 Å². The standard InChI is InChI=1S/C10H10N2O4S3/c1-16-8(13)5-7-6-18-10(11-7)12-19(14,15)9-3-2-4-17-9/h2-4,6H,5H2,1H3,(H,11,12). The van der Waals surface area contributed by atoms with Crippen LogP contribution in [0.15, 0.2) is 27.1 Å². The Hall–Kier alpha value is -1.45. The molecule has 102 valence electrons. The summed E-state index contributed by atoms with van der Waals surface area (Å²) in [7, 11) is -2.30. The van der Waals surface area contributed by atoms with Crippen molar-refractivity contribution in [2.75, 3.05) is 11.8 Å². The average Bonchev–Trinajstić information content (AvgIpc) is 3.00. The van der Waals surface area contributed by atoms with E-state index in [0.29, 0.717) is 5.69 Å². The minimum atomic E-state index is -3.59. The number of hydrogen-bond acceptors (Lipinski definition) is 7. The number of aromatic nitrogens is 1. The Kier molecular flexibility index (Phi) is 4.17. The van der Waals surface area contributed by atoms with Crippen LogP contribution in [0, 0.1) is 0 Å². The molecular weight excluding hydrogens is 308 g/mol. The Labute approximate surface area is 118 Å². The lowest BCUT2D eigenvalue weighted by molar-refractivity contribution is -0.139. The third kappa shape index (κ3) is 3.52. The second-order valence-electron chi connectivity index (χ2n) is 3.43. The number of thiazole rings is 1. The van der Waals surface area contributed by atoms with Crippen molar-refractivity contribution in [2.24, 2.45) is 0 Å². The number of anilines is 1. The predicted molar refractivity (Wildman–Crippen MR) is 73.0 cm³/mol. The molecular formula is C10H10N2O4S3. The van der Waals surface area contributed by atoms with E-state index in [1.165, 1.54) is 13.2 Å². The van der Waals surface area contributed by atoms with Gasteiger partial charge in [0.05, 0.1) is 19.2 Å². The van der Waals surface area contributed by atoms with E-state index >= 15 is 0 Å². The number of ether oxygens (including phenoxy) is 1. The zero-order valence-corrected chi connectivity index (χ0v) is 12.3. The second-order valence-corrected chi connectivity index (χ2v) is 7.15. The minimum absolute atomic E-state index is 0.0216. The van der Waals surface area contributed by atoms with Gasteiger partial charge in [0.25, 0.3) is 10.0 Å². The number of carbonyl (C=O) groups is 1. The first-order chi connectivity index (χ1) is 9.01. The number of hydrogen-bond donors (Lipinski definition) is 1. The molecule has 2 aromatic rings. The van der Waals surface area contributed by atoms with E-state index < -0.39 is 16.0 Å². The number of rotatable bonds is 5. The van der Waals surface area contributed by atoms with Gasteiger partial charge >= 0.3 is 5.97 Å². The number of esters is 1. The summed E-state index contributed by atoms with van der Waals surface area (Å²) in [6.07, 6.45) is 0.0216. The number of nitrogens with one attached hydrogen (secondary N) is 1. The summed E-state index contributed by atoms with van der Waals surface area (Å²) in [5.74, 6) is -0.419. The molecule has 2 heterocycles. The van der Waals surface area contributed by atoms with Crippen LogP contribution < -0.4 is 4.72 Å². The van der Waals surface area contributed by atoms with Crippen molar-refractivity contribution in [2.45, 2.75) is 10.6 Å². The highest BCUT2D eigenvalue weighted by molar-refractivity contribution is 7.94. The van der Waals surface area contributed by atoms with Gasteiger partial charge in [-0.15, -0.1) is 22.7 Å². The lowest BCUT2D eigenvalue weighted by atomic mass is 10.3. The van der Waals surface area contributed by atoms with Gasteiger partial charge in [0.1, 0.15) is 4.21 Å². The Balaban J connectivity index is 2.10. The smallest absolute Gasteiger partial charge is 0.311 e. The number of thiophene rings is 1. The van der Waals surface area contributed by atoms with Gasteiger partial charge in [-0.3, -0.25) is 9.52 Å². The highest BCUT2D eigenvalue weighted by Gasteiger charge is 2.17. The molecule has 2 aromatic heterocycles. The number of sulfonamides is 1. The van der Waals surface area contributed by atoms with Gasteiger partial charge in [-0.1, -0.05) is 6.07 Å². The first-order valence-electron chi connectivity index (χ1n) is 5.09. The highest BCUT2D eigenvalue weighted by atomic mass is 32.2. The molecule has 6 nitrogen and oxygen atoms in total. The predicted octanol–water partition coefficient (Wildman–Crippen LogP) is 1.72. The summed E-state index contributed by atoms with van der Waals surface area (Å²) in [6.45, 7) is 0. The van der Waals surface area contributed by atoms with Crippen LogP contribution in [0.3, 0.4) is 0 Å². The highest BCUT2D eigenvalue weighted by Crippen LogP contribution is 2.22. The van der Waals surface area contributed by atoms with Crippen molar-refractivity contribution in [1.82, 2.24) is 4.98 Å². The average molecular weight is 318 g/mol. The number of carbonyl (C=O) groups excluding carboxylic acids is 1. The largest absolute Gasteiger partial charge is 0.469 e. The molecule has 0 spiro atoms. The molecule has 1 N–H and O–H groups in total. The van der Waals surface area contributed by atoms with E-state index in [1.807, 2.05) is 0 Å². The van der Waals surface area contributed by atoms with Gasteiger partial charge in [0, 0.05) is 5.38 Å². The first kappa shape index (κ1) is 14.0. The summed E-state index contributed by atoms with van der Waals surface area (Å²) in [6, 6.07) is 3.17. The van der Waals surface area contributed by atoms with E-state index in [4.69, 9.17) is 0 Å². The first-order valence-corrected chi connectivity index (χ1v) is 8.33. The molecule has 19 heavy (non-hydrogen) atoms. The zero-order valence-electron chi connectivity index (χ0n) is 9.82. The van der Waals surface area contributed by atoms with Gasteiger partial charge in [-0.25, -0.2) is 13.4 Å². The molecule has 0 aliphatic rings. The maximum absolute atomic E-state index is 11.9. The molecule has 2 rings (SSSR count). The molecule has 0 bridgehead atoms. The minimum Gasteiger partial charge on any atom is -0.469 e. The van der Waals surface area contributed by atoms with Crippen LogP contribution >= 0.6 is 22.7 Å². The fourth-order valence-corrected chi connectivity index (χ4v) is 4.19. The van der Waals surface area contributed by atoms with Crippen molar-refractivity contribution in [3.63, 3.8) is 0 Å². The van der Waals surface area contributed by atoms with Crippen LogP contribution in [0.25, 0.3) is 0 Å². The van der Waals surface area contributed by atoms with Gasteiger partial charge < -0.3 is 4.74 Å². The van der Waals surface area contributed by atoms with Crippen molar-refractivity contribution in [3.8, 4) is 0 Å². The van der Waals surface area contributed by atoms with Gasteiger partial charge in [-0.05, 0) is 11.4 Å². The summed E-state index contributed by atoms with van der Waals surface area (Å²) in [4.78, 5) is 15.1. The van der Waals surface area contributed by atoms with Crippen LogP contribution in [0.2, 0.25) is 0 Å². The van der Waals surface area contributed by atoms with Crippen LogP contribution in [0.4, 0.5) is 5.13 Å². The normalized spacial score (nSPS) is 11.2. The maximum Gasteiger partial charge on any atom is 0.311 e. The molecule has 0 aromatic carbocycles. The quantitative estimate of drug-likeness (QED) is 0.848. The van der Waals surface area contributed by atoms with E-state index in [0.717, 1.165) is 22.7 Å². The molecule has 9 heteroatoms. The molecule has 0 saturated heterocycles. The van der Waals surface area contributed by atoms with Crippen molar-refractivity contribution in [3.05, 3.63) is 28.6 Å². The van der Waals surface area contributed by atoms with Gasteiger partial charge in [-0.2, -0.15) is 0 Å². The molecule has 0 aliphatic carbocycles. The zero-order chi connectivity index (χ0) is 13.9. The molecule has 0 aliphatic heterocycles. The molecule has 0 fully saturated rings. The second kappa shape index (κ2) is 5.68. The molecule has 0 unspecified atom stereocenters. The Morgan fingerprint density at radius 2 is 2.26 bits per heavy atom. The molecule has 0 saturated carbocycles. The van der Waals surface area contributed by atoms with Crippen molar-refractivity contribution >= 4 is 43.8 Å². The van der Waals surface area contributed by atoms with Gasteiger partial charge in [0.2, 0.25) is 0 Å². The van der Waals surface area contributed by atoms with Crippen LogP contribution in [-0.2, 0) is 26.0 Å². The fourth-order valence-electron chi connectivity index (χ4n) is 1.24. The van der Waals surface area contributed by atoms with Gasteiger partial charge in [0.15, 0.2) is 5.13 Å². The number of methoxy groups -OCH3 is 1. The number of nitrogens with zero attached hydrogens (tertiary/aromatic N) is 1. The third-order valence-corrected chi connectivity index (χ3v) is 5.76. The van der Waals surface area contributed by atoms with Crippen molar-refractivity contribution < 1.29 is 17.9 Å².